The van der Waals surface area contributed by atoms with Gasteiger partial charge in [0.25, 0.3) is 0 Å². The van der Waals surface area contributed by atoms with Crippen molar-refractivity contribution in [3.63, 3.8) is 0 Å². The molecule has 0 fully saturated rings. The number of amides is 1. The van der Waals surface area contributed by atoms with Crippen molar-refractivity contribution in [2.75, 3.05) is 18.2 Å². The van der Waals surface area contributed by atoms with Crippen LogP contribution in [-0.4, -0.2) is 33.2 Å². The summed E-state index contributed by atoms with van der Waals surface area (Å²) in [4.78, 5) is 24.6. The number of aryl methyl sites for hydroxylation is 1. The number of esters is 1. The first kappa shape index (κ1) is 19.1. The normalized spacial score (nSPS) is 11.3. The van der Waals surface area contributed by atoms with Crippen molar-refractivity contribution in [3.8, 4) is 0 Å². The van der Waals surface area contributed by atoms with Crippen LogP contribution in [0, 0.1) is 6.92 Å². The summed E-state index contributed by atoms with van der Waals surface area (Å²) in [6.07, 6.45) is 0. The lowest BCUT2D eigenvalue weighted by Gasteiger charge is -2.07. The molecule has 0 radical (unpaired) electrons. The number of rotatable bonds is 5. The molecule has 8 heteroatoms. The van der Waals surface area contributed by atoms with Crippen LogP contribution in [0.3, 0.4) is 0 Å². The highest BCUT2D eigenvalue weighted by atomic mass is 32.2. The van der Waals surface area contributed by atoms with Crippen LogP contribution in [0.4, 0.5) is 5.00 Å². The molecule has 0 saturated heterocycles. The number of ether oxygens (including phenoxy) is 1. The van der Waals surface area contributed by atoms with Crippen molar-refractivity contribution in [3.05, 3.63) is 59.7 Å². The van der Waals surface area contributed by atoms with E-state index in [9.17, 15) is 18.0 Å². The molecule has 0 aliphatic rings. The van der Waals surface area contributed by atoms with E-state index in [4.69, 9.17) is 4.74 Å². The Hall–Kier alpha value is -2.71. The molecular formula is C19H17NO5S2. The van der Waals surface area contributed by atoms with E-state index < -0.39 is 27.5 Å². The van der Waals surface area contributed by atoms with Gasteiger partial charge in [-0.15, -0.1) is 11.3 Å². The molecule has 1 aromatic heterocycles. The fourth-order valence-corrected chi connectivity index (χ4v) is 4.84. The summed E-state index contributed by atoms with van der Waals surface area (Å²) in [6, 6.07) is 13.4. The molecule has 0 bridgehead atoms. The molecule has 1 N–H and O–H groups in total. The molecular weight excluding hydrogens is 386 g/mol. The molecule has 0 unspecified atom stereocenters. The molecule has 6 nitrogen and oxygen atoms in total. The first-order valence-electron chi connectivity index (χ1n) is 8.01. The molecule has 2 aromatic carbocycles. The van der Waals surface area contributed by atoms with Crippen molar-refractivity contribution in [1.29, 1.82) is 0 Å². The zero-order chi connectivity index (χ0) is 19.6. The monoisotopic (exact) mass is 403 g/mol. The zero-order valence-corrected chi connectivity index (χ0v) is 16.3. The van der Waals surface area contributed by atoms with Crippen LogP contribution < -0.4 is 5.32 Å². The number of thiophene rings is 1. The predicted molar refractivity (Wildman–Crippen MR) is 105 cm³/mol. The Morgan fingerprint density at radius 1 is 1.07 bits per heavy atom. The molecule has 27 heavy (non-hydrogen) atoms. The van der Waals surface area contributed by atoms with Gasteiger partial charge in [-0.1, -0.05) is 35.9 Å². The number of methoxy groups -OCH3 is 1. The molecule has 3 aromatic rings. The SMILES string of the molecule is COC(=O)c1c(NC(=O)CS(=O)(=O)c2ccc(C)cc2)sc2ccccc12. The minimum Gasteiger partial charge on any atom is -0.465 e. The van der Waals surface area contributed by atoms with Gasteiger partial charge in [-0.05, 0) is 25.1 Å². The topological polar surface area (TPSA) is 89.5 Å². The van der Waals surface area contributed by atoms with Crippen LogP contribution in [0.1, 0.15) is 15.9 Å². The lowest BCUT2D eigenvalue weighted by atomic mass is 10.1. The molecule has 0 atom stereocenters. The lowest BCUT2D eigenvalue weighted by Crippen LogP contribution is -2.23. The number of hydrogen-bond acceptors (Lipinski definition) is 6. The second-order valence-electron chi connectivity index (χ2n) is 5.91. The highest BCUT2D eigenvalue weighted by Crippen LogP contribution is 2.36. The van der Waals surface area contributed by atoms with Gasteiger partial charge in [0.2, 0.25) is 5.91 Å². The third-order valence-electron chi connectivity index (χ3n) is 3.94. The van der Waals surface area contributed by atoms with Crippen molar-refractivity contribution in [1.82, 2.24) is 0 Å². The quantitative estimate of drug-likeness (QED) is 0.660. The summed E-state index contributed by atoms with van der Waals surface area (Å²) in [5.41, 5.74) is 1.14. The number of carbonyl (C=O) groups is 2. The van der Waals surface area contributed by atoms with E-state index in [0.29, 0.717) is 5.39 Å². The standard InChI is InChI=1S/C19H17NO5S2/c1-12-7-9-13(10-8-12)27(23,24)11-16(21)20-18-17(19(22)25-2)14-5-3-4-6-15(14)26-18/h3-10H,11H2,1-2H3,(H,20,21). The highest BCUT2D eigenvalue weighted by molar-refractivity contribution is 7.92. The van der Waals surface area contributed by atoms with Crippen LogP contribution in [0.5, 0.6) is 0 Å². The van der Waals surface area contributed by atoms with E-state index in [2.05, 4.69) is 5.32 Å². The number of carbonyl (C=O) groups excluding carboxylic acids is 2. The Balaban J connectivity index is 1.88. The summed E-state index contributed by atoms with van der Waals surface area (Å²) in [7, 11) is -2.54. The minimum absolute atomic E-state index is 0.0767. The summed E-state index contributed by atoms with van der Waals surface area (Å²) in [6.45, 7) is 1.85. The zero-order valence-electron chi connectivity index (χ0n) is 14.7. The Morgan fingerprint density at radius 2 is 1.74 bits per heavy atom. The Morgan fingerprint density at radius 3 is 2.41 bits per heavy atom. The van der Waals surface area contributed by atoms with Crippen LogP contribution >= 0.6 is 11.3 Å². The summed E-state index contributed by atoms with van der Waals surface area (Å²) < 4.78 is 30.5. The smallest absolute Gasteiger partial charge is 0.341 e. The molecule has 3 rings (SSSR count). The summed E-state index contributed by atoms with van der Waals surface area (Å²) >= 11 is 1.19. The molecule has 1 heterocycles. The fourth-order valence-electron chi connectivity index (χ4n) is 2.60. The van der Waals surface area contributed by atoms with Crippen molar-refractivity contribution in [2.24, 2.45) is 0 Å². The van der Waals surface area contributed by atoms with Gasteiger partial charge in [-0.25, -0.2) is 13.2 Å². The average molecular weight is 403 g/mol. The molecule has 0 spiro atoms. The Kier molecular flexibility index (Phi) is 5.29. The first-order valence-corrected chi connectivity index (χ1v) is 10.5. The van der Waals surface area contributed by atoms with E-state index in [0.717, 1.165) is 10.3 Å². The van der Waals surface area contributed by atoms with Crippen molar-refractivity contribution < 1.29 is 22.7 Å². The van der Waals surface area contributed by atoms with Crippen LogP contribution in [0.15, 0.2) is 53.4 Å². The maximum Gasteiger partial charge on any atom is 0.341 e. The lowest BCUT2D eigenvalue weighted by molar-refractivity contribution is -0.113. The number of hydrogen-bond donors (Lipinski definition) is 1. The van der Waals surface area contributed by atoms with Gasteiger partial charge in [0.05, 0.1) is 12.0 Å². The average Bonchev–Trinajstić information content (AvgIpc) is 2.98. The number of sulfone groups is 1. The van der Waals surface area contributed by atoms with E-state index >= 15 is 0 Å². The predicted octanol–water partition coefficient (Wildman–Crippen LogP) is 3.41. The maximum absolute atomic E-state index is 12.4. The van der Waals surface area contributed by atoms with E-state index in [1.165, 1.54) is 30.6 Å². The van der Waals surface area contributed by atoms with Gasteiger partial charge in [-0.3, -0.25) is 4.79 Å². The second-order valence-corrected chi connectivity index (χ2v) is 8.96. The summed E-state index contributed by atoms with van der Waals surface area (Å²) in [5, 5.41) is 3.47. The maximum atomic E-state index is 12.4. The van der Waals surface area contributed by atoms with Crippen molar-refractivity contribution >= 4 is 48.1 Å². The molecule has 1 amide bonds. The van der Waals surface area contributed by atoms with Gasteiger partial charge in [-0.2, -0.15) is 0 Å². The number of nitrogens with one attached hydrogen (secondary N) is 1. The minimum atomic E-state index is -3.79. The van der Waals surface area contributed by atoms with Crippen LogP contribution in [0.25, 0.3) is 10.1 Å². The van der Waals surface area contributed by atoms with Crippen molar-refractivity contribution in [2.45, 2.75) is 11.8 Å². The largest absolute Gasteiger partial charge is 0.465 e. The molecule has 0 aliphatic heterocycles. The summed E-state index contributed by atoms with van der Waals surface area (Å²) in [5.74, 6) is -2.03. The Labute approximate surface area is 160 Å². The Bertz CT molecular complexity index is 1110. The fraction of sp³-hybridized carbons (Fsp3) is 0.158. The van der Waals surface area contributed by atoms with E-state index in [1.807, 2.05) is 19.1 Å². The number of anilines is 1. The first-order chi connectivity index (χ1) is 12.8. The van der Waals surface area contributed by atoms with E-state index in [-0.39, 0.29) is 15.5 Å². The van der Waals surface area contributed by atoms with Crippen LogP contribution in [-0.2, 0) is 19.4 Å². The van der Waals surface area contributed by atoms with Gasteiger partial charge < -0.3 is 10.1 Å². The van der Waals surface area contributed by atoms with E-state index in [1.54, 1.807) is 24.3 Å². The number of benzene rings is 2. The third kappa shape index (κ3) is 4.01. The third-order valence-corrected chi connectivity index (χ3v) is 6.66. The molecule has 0 saturated carbocycles. The second kappa shape index (κ2) is 7.50. The van der Waals surface area contributed by atoms with Gasteiger partial charge in [0.1, 0.15) is 16.3 Å². The molecule has 140 valence electrons. The van der Waals surface area contributed by atoms with Gasteiger partial charge >= 0.3 is 5.97 Å². The van der Waals surface area contributed by atoms with Gasteiger partial charge in [0.15, 0.2) is 9.84 Å². The highest BCUT2D eigenvalue weighted by Gasteiger charge is 2.24. The van der Waals surface area contributed by atoms with Gasteiger partial charge in [0, 0.05) is 10.1 Å². The molecule has 0 aliphatic carbocycles. The van der Waals surface area contributed by atoms with Crippen LogP contribution in [0.2, 0.25) is 0 Å². The number of fused-ring (bicyclic) bond motifs is 1.